The van der Waals surface area contributed by atoms with Crippen LogP contribution in [0.25, 0.3) is 0 Å². The Morgan fingerprint density at radius 2 is 2.20 bits per heavy atom. The van der Waals surface area contributed by atoms with Crippen molar-refractivity contribution in [1.29, 1.82) is 0 Å². The fourth-order valence-electron chi connectivity index (χ4n) is 3.03. The Hall–Kier alpha value is -1.63. The molecule has 1 aromatic heterocycles. The molecule has 0 amide bonds. The molecule has 2 heterocycles. The third kappa shape index (κ3) is 2.37. The molecule has 7 heteroatoms. The predicted octanol–water partition coefficient (Wildman–Crippen LogP) is 1.77. The Bertz CT molecular complexity index is 523. The van der Waals surface area contributed by atoms with Crippen molar-refractivity contribution in [3.05, 3.63) is 15.8 Å². The molecule has 1 saturated heterocycles. The lowest BCUT2D eigenvalue weighted by molar-refractivity contribution is -0.384. The van der Waals surface area contributed by atoms with E-state index in [9.17, 15) is 10.1 Å². The first-order valence-corrected chi connectivity index (χ1v) is 7.32. The van der Waals surface area contributed by atoms with Gasteiger partial charge in [-0.3, -0.25) is 15.0 Å². The van der Waals surface area contributed by atoms with Gasteiger partial charge in [0.05, 0.1) is 4.92 Å². The van der Waals surface area contributed by atoms with E-state index < -0.39 is 0 Å². The highest BCUT2D eigenvalue weighted by molar-refractivity contribution is 5.60. The minimum atomic E-state index is -0.329. The predicted molar refractivity (Wildman–Crippen MR) is 75.9 cm³/mol. The molecule has 20 heavy (non-hydrogen) atoms. The highest BCUT2D eigenvalue weighted by Crippen LogP contribution is 2.33. The summed E-state index contributed by atoms with van der Waals surface area (Å²) in [5.41, 5.74) is 0.605. The lowest BCUT2D eigenvalue weighted by atomic mass is 10.2. The lowest BCUT2D eigenvalue weighted by Crippen LogP contribution is -2.28. The maximum Gasteiger partial charge on any atom is 0.333 e. The van der Waals surface area contributed by atoms with Crippen LogP contribution in [0.4, 0.5) is 11.5 Å². The Labute approximate surface area is 118 Å². The molecule has 1 N–H and O–H groups in total. The van der Waals surface area contributed by atoms with E-state index in [4.69, 9.17) is 0 Å². The second-order valence-electron chi connectivity index (χ2n) is 5.71. The lowest BCUT2D eigenvalue weighted by Gasteiger charge is -2.16. The number of nitro groups is 1. The zero-order valence-electron chi connectivity index (χ0n) is 12.0. The smallest absolute Gasteiger partial charge is 0.333 e. The summed E-state index contributed by atoms with van der Waals surface area (Å²) in [6, 6.07) is 1.05. The van der Waals surface area contributed by atoms with Crippen molar-refractivity contribution in [2.75, 3.05) is 18.4 Å². The Kier molecular flexibility index (Phi) is 3.37. The third-order valence-electron chi connectivity index (χ3n) is 4.20. The van der Waals surface area contributed by atoms with Gasteiger partial charge in [-0.1, -0.05) is 0 Å². The monoisotopic (exact) mass is 279 g/mol. The normalized spacial score (nSPS) is 23.2. The van der Waals surface area contributed by atoms with E-state index in [-0.39, 0.29) is 16.7 Å². The molecule has 0 aromatic carbocycles. The number of rotatable bonds is 5. The average Bonchev–Trinajstić information content (AvgIpc) is 3.07. The number of nitrogens with one attached hydrogen (secondary N) is 1. The SMILES string of the molecule is CCn1nc(C)c([N+](=O)[O-])c1NC1CCN(C2CC2)C1. The first kappa shape index (κ1) is 13.4. The van der Waals surface area contributed by atoms with Crippen molar-refractivity contribution in [3.63, 3.8) is 0 Å². The fraction of sp³-hybridized carbons (Fsp3) is 0.769. The number of nitrogens with zero attached hydrogens (tertiary/aromatic N) is 4. The highest BCUT2D eigenvalue weighted by Gasteiger charge is 2.36. The second-order valence-corrected chi connectivity index (χ2v) is 5.71. The van der Waals surface area contributed by atoms with Crippen molar-refractivity contribution in [2.24, 2.45) is 0 Å². The molecule has 2 aliphatic rings. The minimum absolute atomic E-state index is 0.122. The van der Waals surface area contributed by atoms with Crippen LogP contribution in [0.3, 0.4) is 0 Å². The molecule has 1 unspecified atom stereocenters. The van der Waals surface area contributed by atoms with E-state index in [2.05, 4.69) is 15.3 Å². The molecule has 3 rings (SSSR count). The number of likely N-dealkylation sites (tertiary alicyclic amines) is 1. The fourth-order valence-corrected chi connectivity index (χ4v) is 3.03. The van der Waals surface area contributed by atoms with Crippen LogP contribution in [0.15, 0.2) is 0 Å². The molecule has 1 aliphatic heterocycles. The molecule has 0 spiro atoms. The topological polar surface area (TPSA) is 76.2 Å². The largest absolute Gasteiger partial charge is 0.360 e. The summed E-state index contributed by atoms with van der Waals surface area (Å²) < 4.78 is 1.70. The zero-order valence-corrected chi connectivity index (χ0v) is 12.0. The van der Waals surface area contributed by atoms with Gasteiger partial charge in [0.1, 0.15) is 5.69 Å². The van der Waals surface area contributed by atoms with Crippen LogP contribution in [0.2, 0.25) is 0 Å². The summed E-state index contributed by atoms with van der Waals surface area (Å²) in [7, 11) is 0. The third-order valence-corrected chi connectivity index (χ3v) is 4.20. The molecule has 7 nitrogen and oxygen atoms in total. The van der Waals surface area contributed by atoms with Crippen LogP contribution in [0.5, 0.6) is 0 Å². The maximum atomic E-state index is 11.2. The van der Waals surface area contributed by atoms with Gasteiger partial charge in [-0.2, -0.15) is 5.10 Å². The van der Waals surface area contributed by atoms with Crippen LogP contribution in [-0.2, 0) is 6.54 Å². The van der Waals surface area contributed by atoms with Crippen molar-refractivity contribution in [1.82, 2.24) is 14.7 Å². The van der Waals surface area contributed by atoms with Gasteiger partial charge in [0, 0.05) is 31.7 Å². The van der Waals surface area contributed by atoms with Crippen molar-refractivity contribution < 1.29 is 4.92 Å². The van der Waals surface area contributed by atoms with Gasteiger partial charge in [0.2, 0.25) is 5.82 Å². The molecule has 2 fully saturated rings. The molecular formula is C13H21N5O2. The van der Waals surface area contributed by atoms with Crippen molar-refractivity contribution in [2.45, 2.75) is 51.7 Å². The van der Waals surface area contributed by atoms with Crippen LogP contribution in [0.1, 0.15) is 31.9 Å². The summed E-state index contributed by atoms with van der Waals surface area (Å²) in [5.74, 6) is 0.567. The molecular weight excluding hydrogens is 258 g/mol. The number of aryl methyl sites for hydroxylation is 2. The molecule has 0 bridgehead atoms. The second kappa shape index (κ2) is 5.05. The molecule has 0 radical (unpaired) electrons. The van der Waals surface area contributed by atoms with E-state index in [1.165, 1.54) is 12.8 Å². The van der Waals surface area contributed by atoms with Gasteiger partial charge >= 0.3 is 5.69 Å². The van der Waals surface area contributed by atoms with E-state index in [1.54, 1.807) is 11.6 Å². The van der Waals surface area contributed by atoms with Gasteiger partial charge in [-0.25, -0.2) is 4.68 Å². The summed E-state index contributed by atoms with van der Waals surface area (Å²) in [5, 5.41) is 18.8. The Morgan fingerprint density at radius 1 is 1.45 bits per heavy atom. The van der Waals surface area contributed by atoms with Crippen molar-refractivity contribution >= 4 is 11.5 Å². The number of hydrogen-bond acceptors (Lipinski definition) is 5. The highest BCUT2D eigenvalue weighted by atomic mass is 16.6. The van der Waals surface area contributed by atoms with Gasteiger partial charge in [-0.15, -0.1) is 0 Å². The average molecular weight is 279 g/mol. The van der Waals surface area contributed by atoms with Gasteiger partial charge in [0.25, 0.3) is 0 Å². The first-order valence-electron chi connectivity index (χ1n) is 7.32. The molecule has 1 aliphatic carbocycles. The summed E-state index contributed by atoms with van der Waals surface area (Å²) >= 11 is 0. The molecule has 1 atom stereocenters. The minimum Gasteiger partial charge on any atom is -0.360 e. The zero-order chi connectivity index (χ0) is 14.3. The van der Waals surface area contributed by atoms with Gasteiger partial charge in [0.15, 0.2) is 0 Å². The van der Waals surface area contributed by atoms with E-state index in [1.807, 2.05) is 6.92 Å². The van der Waals surface area contributed by atoms with Gasteiger partial charge in [-0.05, 0) is 33.1 Å². The number of hydrogen-bond donors (Lipinski definition) is 1. The summed E-state index contributed by atoms with van der Waals surface area (Å²) in [4.78, 5) is 13.4. The quantitative estimate of drug-likeness (QED) is 0.656. The maximum absolute atomic E-state index is 11.2. The van der Waals surface area contributed by atoms with Crippen LogP contribution >= 0.6 is 0 Å². The van der Waals surface area contributed by atoms with E-state index in [0.29, 0.717) is 18.1 Å². The number of anilines is 1. The van der Waals surface area contributed by atoms with E-state index in [0.717, 1.165) is 25.6 Å². The van der Waals surface area contributed by atoms with Crippen LogP contribution in [-0.4, -0.2) is 44.8 Å². The molecule has 1 saturated carbocycles. The van der Waals surface area contributed by atoms with Crippen LogP contribution in [0, 0.1) is 17.0 Å². The van der Waals surface area contributed by atoms with E-state index >= 15 is 0 Å². The van der Waals surface area contributed by atoms with Gasteiger partial charge < -0.3 is 5.32 Å². The molecule has 1 aromatic rings. The van der Waals surface area contributed by atoms with Crippen molar-refractivity contribution in [3.8, 4) is 0 Å². The Morgan fingerprint density at radius 3 is 2.80 bits per heavy atom. The summed E-state index contributed by atoms with van der Waals surface area (Å²) in [6.45, 7) is 6.36. The first-order chi connectivity index (χ1) is 9.60. The number of aromatic nitrogens is 2. The summed E-state index contributed by atoms with van der Waals surface area (Å²) in [6.07, 6.45) is 3.65. The standard InChI is InChI=1S/C13H21N5O2/c1-3-17-13(12(18(19)20)9(2)15-17)14-10-6-7-16(8-10)11-4-5-11/h10-11,14H,3-8H2,1-2H3. The van der Waals surface area contributed by atoms with Crippen LogP contribution < -0.4 is 5.32 Å². The molecule has 110 valence electrons. The Balaban J connectivity index is 1.77.